The molecule has 1 unspecified atom stereocenters. The van der Waals surface area contributed by atoms with E-state index in [-0.39, 0.29) is 18.1 Å². The van der Waals surface area contributed by atoms with Crippen LogP contribution in [0.4, 0.5) is 0 Å². The van der Waals surface area contributed by atoms with E-state index in [0.717, 1.165) is 16.8 Å². The van der Waals surface area contributed by atoms with E-state index >= 15 is 0 Å². The van der Waals surface area contributed by atoms with Crippen LogP contribution in [-0.2, 0) is 9.53 Å². The summed E-state index contributed by atoms with van der Waals surface area (Å²) in [6.07, 6.45) is 8.63. The molecule has 2 rings (SSSR count). The molecule has 1 aliphatic heterocycles. The fraction of sp³-hybridized carbons (Fsp3) is 0.500. The summed E-state index contributed by atoms with van der Waals surface area (Å²) in [6, 6.07) is 0. The van der Waals surface area contributed by atoms with Crippen molar-refractivity contribution in [3.63, 3.8) is 0 Å². The number of hydrogen-bond acceptors (Lipinski definition) is 3. The number of primary amides is 1. The number of hydrogen-bond donors (Lipinski definition) is 2. The summed E-state index contributed by atoms with van der Waals surface area (Å²) >= 11 is 0. The van der Waals surface area contributed by atoms with E-state index < -0.39 is 5.41 Å². The minimum atomic E-state index is -0.778. The van der Waals surface area contributed by atoms with Crippen LogP contribution in [0.3, 0.4) is 0 Å². The Morgan fingerprint density at radius 1 is 1.50 bits per heavy atom. The summed E-state index contributed by atoms with van der Waals surface area (Å²) in [5, 5.41) is 3.28. The summed E-state index contributed by atoms with van der Waals surface area (Å²) in [4.78, 5) is 12.6. The Kier molecular flexibility index (Phi) is 4.61. The molecule has 4 nitrogen and oxygen atoms in total. The molecule has 0 fully saturated rings. The smallest absolute Gasteiger partial charge is 0.232 e. The fourth-order valence-electron chi connectivity index (χ4n) is 3.85. The number of ether oxygens (including phenoxy) is 1. The largest absolute Gasteiger partial charge is 0.369 e. The lowest BCUT2D eigenvalue weighted by atomic mass is 9.61. The van der Waals surface area contributed by atoms with Gasteiger partial charge in [0.25, 0.3) is 0 Å². The van der Waals surface area contributed by atoms with Crippen LogP contribution in [0.2, 0.25) is 0 Å². The van der Waals surface area contributed by atoms with Gasteiger partial charge in [-0.2, -0.15) is 0 Å². The van der Waals surface area contributed by atoms with E-state index in [1.807, 2.05) is 32.1 Å². The molecule has 22 heavy (non-hydrogen) atoms. The van der Waals surface area contributed by atoms with E-state index in [2.05, 4.69) is 25.2 Å². The van der Waals surface area contributed by atoms with E-state index in [1.165, 1.54) is 5.57 Å². The lowest BCUT2D eigenvalue weighted by Gasteiger charge is -2.42. The first-order valence-electron chi connectivity index (χ1n) is 7.69. The van der Waals surface area contributed by atoms with Crippen molar-refractivity contribution in [1.82, 2.24) is 5.32 Å². The highest BCUT2D eigenvalue weighted by atomic mass is 16.5. The highest BCUT2D eigenvalue weighted by Gasteiger charge is 2.47. The highest BCUT2D eigenvalue weighted by molar-refractivity contribution is 5.90. The molecule has 2 aliphatic rings. The van der Waals surface area contributed by atoms with Crippen LogP contribution in [-0.4, -0.2) is 19.2 Å². The third kappa shape index (κ3) is 2.52. The van der Waals surface area contributed by atoms with Gasteiger partial charge in [0, 0.05) is 12.8 Å². The zero-order chi connectivity index (χ0) is 16.5. The van der Waals surface area contributed by atoms with Gasteiger partial charge in [-0.25, -0.2) is 0 Å². The van der Waals surface area contributed by atoms with Crippen molar-refractivity contribution < 1.29 is 9.53 Å². The van der Waals surface area contributed by atoms with Gasteiger partial charge in [-0.15, -0.1) is 0 Å². The molecule has 1 heterocycles. The molecule has 0 aromatic rings. The SMILES string of the molecule is C/C=C1\[C@H](C)C=C(C)C[C@]1(C(N)=O)C1=C(C)NC(OC)C=C1. The number of amides is 1. The van der Waals surface area contributed by atoms with Crippen molar-refractivity contribution in [3.8, 4) is 0 Å². The topological polar surface area (TPSA) is 64.4 Å². The van der Waals surface area contributed by atoms with Crippen molar-refractivity contribution in [2.24, 2.45) is 17.1 Å². The number of nitrogens with one attached hydrogen (secondary N) is 1. The van der Waals surface area contributed by atoms with Crippen LogP contribution in [0.15, 0.2) is 46.7 Å². The van der Waals surface area contributed by atoms with Crippen molar-refractivity contribution in [3.05, 3.63) is 46.7 Å². The normalized spacial score (nSPS) is 33.7. The molecule has 0 bridgehead atoms. The monoisotopic (exact) mass is 302 g/mol. The van der Waals surface area contributed by atoms with Crippen LogP contribution in [0.25, 0.3) is 0 Å². The Balaban J connectivity index is 2.62. The summed E-state index contributed by atoms with van der Waals surface area (Å²) in [7, 11) is 1.65. The maximum Gasteiger partial charge on any atom is 0.232 e. The molecular weight excluding hydrogens is 276 g/mol. The van der Waals surface area contributed by atoms with Gasteiger partial charge in [-0.05, 0) is 50.3 Å². The molecule has 1 amide bonds. The predicted molar refractivity (Wildman–Crippen MR) is 88.7 cm³/mol. The van der Waals surface area contributed by atoms with Gasteiger partial charge in [-0.3, -0.25) is 4.79 Å². The van der Waals surface area contributed by atoms with Crippen molar-refractivity contribution in [2.45, 2.75) is 40.3 Å². The van der Waals surface area contributed by atoms with Crippen LogP contribution in [0, 0.1) is 11.3 Å². The number of carbonyl (C=O) groups is 1. The Hall–Kier alpha value is -1.81. The van der Waals surface area contributed by atoms with Gasteiger partial charge in [-0.1, -0.05) is 30.7 Å². The van der Waals surface area contributed by atoms with Gasteiger partial charge >= 0.3 is 0 Å². The molecule has 0 saturated heterocycles. The Morgan fingerprint density at radius 2 is 2.18 bits per heavy atom. The second kappa shape index (κ2) is 6.13. The molecule has 0 aromatic carbocycles. The van der Waals surface area contributed by atoms with E-state index in [1.54, 1.807) is 7.11 Å². The first-order chi connectivity index (χ1) is 10.4. The van der Waals surface area contributed by atoms with Crippen LogP contribution < -0.4 is 11.1 Å². The average molecular weight is 302 g/mol. The second-order valence-corrected chi connectivity index (χ2v) is 6.19. The zero-order valence-corrected chi connectivity index (χ0v) is 14.1. The second-order valence-electron chi connectivity index (χ2n) is 6.19. The number of methoxy groups -OCH3 is 1. The van der Waals surface area contributed by atoms with Crippen LogP contribution in [0.5, 0.6) is 0 Å². The zero-order valence-electron chi connectivity index (χ0n) is 14.1. The van der Waals surface area contributed by atoms with E-state index in [9.17, 15) is 4.79 Å². The molecule has 0 aromatic heterocycles. The molecule has 0 radical (unpaired) electrons. The number of dihydropyridines is 1. The molecule has 1 aliphatic carbocycles. The highest BCUT2D eigenvalue weighted by Crippen LogP contribution is 2.50. The first-order valence-corrected chi connectivity index (χ1v) is 7.69. The lowest BCUT2D eigenvalue weighted by molar-refractivity contribution is -0.124. The Morgan fingerprint density at radius 3 is 2.68 bits per heavy atom. The van der Waals surface area contributed by atoms with Crippen molar-refractivity contribution in [2.75, 3.05) is 7.11 Å². The third-order valence-corrected chi connectivity index (χ3v) is 4.71. The molecule has 0 saturated carbocycles. The Labute approximate surface area is 132 Å². The van der Waals surface area contributed by atoms with E-state index in [4.69, 9.17) is 10.5 Å². The number of nitrogens with two attached hydrogens (primary N) is 1. The molecule has 3 N–H and O–H groups in total. The third-order valence-electron chi connectivity index (χ3n) is 4.71. The maximum absolute atomic E-state index is 12.6. The van der Waals surface area contributed by atoms with Crippen molar-refractivity contribution in [1.29, 1.82) is 0 Å². The summed E-state index contributed by atoms with van der Waals surface area (Å²) in [5.74, 6) is -0.100. The van der Waals surface area contributed by atoms with Gasteiger partial charge in [0.1, 0.15) is 11.6 Å². The standard InChI is InChI=1S/C18H26N2O2/c1-6-14-12(3)9-11(2)10-18(14,17(19)21)15-7-8-16(22-5)20-13(15)4/h6-9,12,16,20H,10H2,1-5H3,(H2,19,21)/b14-6+/t12-,16?,18-/m1/s1. The van der Waals surface area contributed by atoms with Gasteiger partial charge < -0.3 is 15.8 Å². The maximum atomic E-state index is 12.6. The van der Waals surface area contributed by atoms with Crippen LogP contribution >= 0.6 is 0 Å². The lowest BCUT2D eigenvalue weighted by Crippen LogP contribution is -2.46. The summed E-state index contributed by atoms with van der Waals surface area (Å²) in [6.45, 7) is 8.13. The minimum Gasteiger partial charge on any atom is -0.369 e. The fourth-order valence-corrected chi connectivity index (χ4v) is 3.85. The Bertz CT molecular complexity index is 598. The summed E-state index contributed by atoms with van der Waals surface area (Å²) < 4.78 is 5.31. The van der Waals surface area contributed by atoms with Crippen LogP contribution in [0.1, 0.15) is 34.1 Å². The van der Waals surface area contributed by atoms with E-state index in [0.29, 0.717) is 6.42 Å². The van der Waals surface area contributed by atoms with Crippen molar-refractivity contribution >= 4 is 5.91 Å². The molecular formula is C18H26N2O2. The number of rotatable bonds is 3. The van der Waals surface area contributed by atoms with Gasteiger partial charge in [0.15, 0.2) is 0 Å². The molecule has 3 atom stereocenters. The van der Waals surface area contributed by atoms with Gasteiger partial charge in [0.05, 0.1) is 0 Å². The average Bonchev–Trinajstić information content (AvgIpc) is 2.45. The number of allylic oxidation sites excluding steroid dienone is 5. The predicted octanol–water partition coefficient (Wildman–Crippen LogP) is 2.80. The molecule has 4 heteroatoms. The molecule has 120 valence electrons. The quantitative estimate of drug-likeness (QED) is 0.788. The first kappa shape index (κ1) is 16.6. The van der Waals surface area contributed by atoms with Gasteiger partial charge in [0.2, 0.25) is 5.91 Å². The summed E-state index contributed by atoms with van der Waals surface area (Å²) in [5.41, 5.74) is 9.29. The minimum absolute atomic E-state index is 0.166. The number of carbonyl (C=O) groups excluding carboxylic acids is 1. The molecule has 0 spiro atoms.